The molecule has 0 saturated carbocycles. The maximum absolute atomic E-state index is 13.2. The third-order valence-electron chi connectivity index (χ3n) is 6.05. The second kappa shape index (κ2) is 14.1. The Kier molecular flexibility index (Phi) is 10.8. The van der Waals surface area contributed by atoms with Gasteiger partial charge in [-0.05, 0) is 35.6 Å². The maximum atomic E-state index is 13.2. The van der Waals surface area contributed by atoms with Gasteiger partial charge in [-0.15, -0.1) is 0 Å². The molecule has 1 aromatic rings. The Hall–Kier alpha value is -3.73. The summed E-state index contributed by atoms with van der Waals surface area (Å²) in [5.74, 6) is -1.84. The van der Waals surface area contributed by atoms with Gasteiger partial charge >= 0.3 is 11.9 Å². The lowest BCUT2D eigenvalue weighted by Gasteiger charge is -2.22. The summed E-state index contributed by atoms with van der Waals surface area (Å²) in [6.45, 7) is 7.74. The number of esters is 2. The quantitative estimate of drug-likeness (QED) is 0.200. The first-order chi connectivity index (χ1) is 18.9. The van der Waals surface area contributed by atoms with Crippen LogP contribution >= 0.6 is 12.2 Å². The summed E-state index contributed by atoms with van der Waals surface area (Å²) < 4.78 is 21.5. The van der Waals surface area contributed by atoms with E-state index in [-0.39, 0.29) is 66.3 Å². The van der Waals surface area contributed by atoms with Crippen LogP contribution < -0.4 is 15.2 Å². The van der Waals surface area contributed by atoms with E-state index in [1.807, 2.05) is 33.8 Å². The van der Waals surface area contributed by atoms with Gasteiger partial charge in [-0.2, -0.15) is 0 Å². The highest BCUT2D eigenvalue weighted by Gasteiger charge is 2.37. The normalized spacial score (nSPS) is 17.9. The van der Waals surface area contributed by atoms with Crippen molar-refractivity contribution in [2.75, 3.05) is 39.5 Å². The average molecular weight is 573 g/mol. The number of allylic oxidation sites excluding steroid dienone is 1. The molecule has 2 N–H and O–H groups in total. The molecule has 2 unspecified atom stereocenters. The van der Waals surface area contributed by atoms with Gasteiger partial charge in [-0.1, -0.05) is 52.1 Å². The Morgan fingerprint density at radius 2 is 1.60 bits per heavy atom. The fourth-order valence-corrected chi connectivity index (χ4v) is 4.23. The second-order valence-electron chi connectivity index (χ2n) is 10.6. The summed E-state index contributed by atoms with van der Waals surface area (Å²) >= 11 is 5.00. The molecule has 0 aromatic heterocycles. The van der Waals surface area contributed by atoms with E-state index in [2.05, 4.69) is 0 Å². The van der Waals surface area contributed by atoms with Crippen LogP contribution in [0.3, 0.4) is 0 Å². The van der Waals surface area contributed by atoms with Crippen molar-refractivity contribution >= 4 is 40.7 Å². The molecular weight excluding hydrogens is 536 g/mol. The van der Waals surface area contributed by atoms with Gasteiger partial charge in [-0.25, -0.2) is 9.59 Å². The van der Waals surface area contributed by atoms with E-state index in [1.165, 1.54) is 12.1 Å². The van der Waals surface area contributed by atoms with E-state index in [1.54, 1.807) is 23.2 Å². The minimum Gasteiger partial charge on any atom is -0.478 e. The molecule has 10 nitrogen and oxygen atoms in total. The highest BCUT2D eigenvalue weighted by molar-refractivity contribution is 7.80. The zero-order valence-electron chi connectivity index (χ0n) is 23.2. The smallest absolute Gasteiger partial charge is 0.344 e. The molecule has 0 fully saturated rings. The van der Waals surface area contributed by atoms with Crippen molar-refractivity contribution < 1.29 is 38.1 Å². The molecule has 0 amide bonds. The van der Waals surface area contributed by atoms with Crippen molar-refractivity contribution in [1.29, 1.82) is 0 Å². The number of hydrogen-bond donors (Lipinski definition) is 1. The number of carbonyl (C=O) groups excluding carboxylic acids is 4. The molecule has 11 heteroatoms. The number of benzene rings is 1. The lowest BCUT2D eigenvalue weighted by atomic mass is 9.83. The lowest BCUT2D eigenvalue weighted by molar-refractivity contribution is -0.148. The summed E-state index contributed by atoms with van der Waals surface area (Å²) in [5, 5.41) is 0. The van der Waals surface area contributed by atoms with Gasteiger partial charge in [0, 0.05) is 18.3 Å². The van der Waals surface area contributed by atoms with Gasteiger partial charge in [0.05, 0.1) is 36.6 Å². The van der Waals surface area contributed by atoms with E-state index in [0.717, 1.165) is 5.57 Å². The predicted molar refractivity (Wildman–Crippen MR) is 151 cm³/mol. The molecule has 3 rings (SSSR count). The fourth-order valence-electron chi connectivity index (χ4n) is 4.04. The Labute approximate surface area is 239 Å². The van der Waals surface area contributed by atoms with Crippen LogP contribution in [-0.2, 0) is 23.9 Å². The summed E-state index contributed by atoms with van der Waals surface area (Å²) in [6.07, 6.45) is 5.30. The summed E-state index contributed by atoms with van der Waals surface area (Å²) in [6, 6.07) is 4.50. The number of ether oxygens (including phenoxy) is 4. The molecule has 0 bridgehead atoms. The number of ketones is 2. The zero-order chi connectivity index (χ0) is 29.4. The molecule has 0 saturated heterocycles. The molecule has 1 heterocycles. The molecule has 2 atom stereocenters. The molecule has 216 valence electrons. The highest BCUT2D eigenvalue weighted by Crippen LogP contribution is 2.32. The second-order valence-corrected chi connectivity index (χ2v) is 11.0. The summed E-state index contributed by atoms with van der Waals surface area (Å²) in [5.41, 5.74) is 6.80. The predicted octanol–water partition coefficient (Wildman–Crippen LogP) is 2.88. The Bertz CT molecular complexity index is 1210. The van der Waals surface area contributed by atoms with Crippen LogP contribution in [0.25, 0.3) is 0 Å². The molecule has 2 aliphatic rings. The molecule has 1 aliphatic carbocycles. The number of carbonyl (C=O) groups is 4. The minimum atomic E-state index is -0.602. The number of thiocarbonyl (C=S) groups is 1. The van der Waals surface area contributed by atoms with Crippen LogP contribution in [0.2, 0.25) is 0 Å². The van der Waals surface area contributed by atoms with Crippen LogP contribution in [0.15, 0.2) is 42.1 Å². The van der Waals surface area contributed by atoms with E-state index in [4.69, 9.17) is 36.9 Å². The van der Waals surface area contributed by atoms with Crippen molar-refractivity contribution in [3.63, 3.8) is 0 Å². The Morgan fingerprint density at radius 1 is 1.00 bits per heavy atom. The average Bonchev–Trinajstić information content (AvgIpc) is 3.31. The SMILES string of the molecule is CC(C)COC(=O)COc1ccc(C(=O)CN2C=C3C=CC(C(N)=S)C(=O)C3C2)cc1OCC(=O)OCC(C)C. The van der Waals surface area contributed by atoms with E-state index in [0.29, 0.717) is 12.1 Å². The lowest BCUT2D eigenvalue weighted by Crippen LogP contribution is -2.37. The van der Waals surface area contributed by atoms with Crippen molar-refractivity contribution in [2.45, 2.75) is 27.7 Å². The largest absolute Gasteiger partial charge is 0.478 e. The van der Waals surface area contributed by atoms with Gasteiger partial charge in [-0.3, -0.25) is 9.59 Å². The van der Waals surface area contributed by atoms with Crippen molar-refractivity contribution in [2.24, 2.45) is 29.4 Å². The molecule has 0 spiro atoms. The number of nitrogens with two attached hydrogens (primary N) is 1. The topological polar surface area (TPSA) is 134 Å². The van der Waals surface area contributed by atoms with Crippen LogP contribution in [-0.4, -0.2) is 72.9 Å². The van der Waals surface area contributed by atoms with Crippen molar-refractivity contribution in [1.82, 2.24) is 4.90 Å². The third-order valence-corrected chi connectivity index (χ3v) is 6.30. The van der Waals surface area contributed by atoms with Crippen molar-refractivity contribution in [3.8, 4) is 11.5 Å². The van der Waals surface area contributed by atoms with Crippen LogP contribution in [0.4, 0.5) is 0 Å². The number of Topliss-reactive ketones (excluding diaryl/α,β-unsaturated/α-hetero) is 2. The van der Waals surface area contributed by atoms with Gasteiger partial charge in [0.2, 0.25) is 0 Å². The van der Waals surface area contributed by atoms with Gasteiger partial charge in [0.25, 0.3) is 0 Å². The number of rotatable bonds is 14. The van der Waals surface area contributed by atoms with E-state index in [9.17, 15) is 19.2 Å². The monoisotopic (exact) mass is 572 g/mol. The number of hydrogen-bond acceptors (Lipinski definition) is 10. The molecule has 0 radical (unpaired) electrons. The number of nitrogens with zero attached hydrogens (tertiary/aromatic N) is 1. The molecular formula is C29H36N2O8S. The van der Waals surface area contributed by atoms with Crippen LogP contribution in [0.1, 0.15) is 38.1 Å². The maximum Gasteiger partial charge on any atom is 0.344 e. The minimum absolute atomic E-state index is 0.0104. The first kappa shape index (κ1) is 30.8. The van der Waals surface area contributed by atoms with E-state index >= 15 is 0 Å². The molecule has 1 aliphatic heterocycles. The highest BCUT2D eigenvalue weighted by atomic mass is 32.1. The van der Waals surface area contributed by atoms with Gasteiger partial charge in [0.15, 0.2) is 36.3 Å². The van der Waals surface area contributed by atoms with Gasteiger partial charge < -0.3 is 29.6 Å². The Morgan fingerprint density at radius 3 is 2.17 bits per heavy atom. The molecule has 1 aromatic carbocycles. The van der Waals surface area contributed by atoms with Crippen LogP contribution in [0.5, 0.6) is 11.5 Å². The fraction of sp³-hybridized carbons (Fsp3) is 0.483. The van der Waals surface area contributed by atoms with Crippen LogP contribution in [0, 0.1) is 23.7 Å². The number of fused-ring (bicyclic) bond motifs is 1. The first-order valence-corrected chi connectivity index (χ1v) is 13.6. The summed E-state index contributed by atoms with van der Waals surface area (Å²) in [7, 11) is 0. The third kappa shape index (κ3) is 8.64. The first-order valence-electron chi connectivity index (χ1n) is 13.2. The van der Waals surface area contributed by atoms with E-state index < -0.39 is 30.4 Å². The van der Waals surface area contributed by atoms with Gasteiger partial charge in [0.1, 0.15) is 0 Å². The summed E-state index contributed by atoms with van der Waals surface area (Å²) in [4.78, 5) is 52.0. The standard InChI is InChI=1S/C29H36N2O8S/c1-17(2)13-38-26(33)15-36-24-8-6-19(9-25(24)37-16-27(34)39-14-18(3)4)23(32)12-31-10-20-5-7-21(29(30)40)28(35)22(20)11-31/h5-10,17-18,21-22H,11-16H2,1-4H3,(H2,30,40). The van der Waals surface area contributed by atoms with Crippen molar-refractivity contribution in [3.05, 3.63) is 47.7 Å². The zero-order valence-corrected chi connectivity index (χ0v) is 24.0. The molecule has 40 heavy (non-hydrogen) atoms. The Balaban J connectivity index is 1.69.